The van der Waals surface area contributed by atoms with E-state index in [2.05, 4.69) is 9.88 Å². The number of aromatic nitrogens is 4. The van der Waals surface area contributed by atoms with E-state index in [0.29, 0.717) is 6.54 Å². The molecule has 0 aliphatic carbocycles. The Morgan fingerprint density at radius 1 is 1.10 bits per heavy atom. The summed E-state index contributed by atoms with van der Waals surface area (Å²) in [6.45, 7) is 5.31. The minimum absolute atomic E-state index is 0.182. The van der Waals surface area contributed by atoms with Gasteiger partial charge in [0.25, 0.3) is 0 Å². The van der Waals surface area contributed by atoms with Crippen LogP contribution >= 0.6 is 22.9 Å². The molecule has 0 amide bonds. The second kappa shape index (κ2) is 7.44. The molecule has 7 nitrogen and oxygen atoms in total. The summed E-state index contributed by atoms with van der Waals surface area (Å²) in [7, 11) is 0. The first-order valence-electron chi connectivity index (χ1n) is 10.0. The average molecular weight is 444 g/mol. The molecule has 1 spiro atoms. The van der Waals surface area contributed by atoms with Crippen molar-refractivity contribution >= 4 is 22.9 Å². The predicted molar refractivity (Wildman–Crippen MR) is 116 cm³/mol. The second-order valence-electron chi connectivity index (χ2n) is 8.22. The molecule has 2 aromatic heterocycles. The van der Waals surface area contributed by atoms with Crippen LogP contribution in [-0.2, 0) is 25.0 Å². The number of fused-ring (bicyclic) bond motifs is 2. The lowest BCUT2D eigenvalue weighted by atomic mass is 9.85. The molecular formula is C21H22ClN5O2S. The topological polar surface area (TPSA) is 73.0 Å². The molecule has 9 heteroatoms. The molecule has 1 saturated heterocycles. The molecule has 0 bridgehead atoms. The Bertz CT molecular complexity index is 1220. The fourth-order valence-corrected chi connectivity index (χ4v) is 5.37. The predicted octanol–water partition coefficient (Wildman–Crippen LogP) is 2.42. The van der Waals surface area contributed by atoms with E-state index in [1.807, 2.05) is 36.6 Å². The summed E-state index contributed by atoms with van der Waals surface area (Å²) in [5, 5.41) is 8.27. The zero-order valence-corrected chi connectivity index (χ0v) is 18.2. The van der Waals surface area contributed by atoms with Gasteiger partial charge in [0.1, 0.15) is 5.82 Å². The fraction of sp³-hybridized carbons (Fsp3) is 0.429. The Labute approximate surface area is 182 Å². The van der Waals surface area contributed by atoms with Gasteiger partial charge in [-0.3, -0.25) is 19.1 Å². The van der Waals surface area contributed by atoms with E-state index < -0.39 is 11.1 Å². The first kappa shape index (κ1) is 19.7. The number of likely N-dealkylation sites (tertiary alicyclic amines) is 1. The maximum absolute atomic E-state index is 12.8. The maximum Gasteiger partial charge on any atom is 0.332 e. The van der Waals surface area contributed by atoms with Crippen LogP contribution in [-0.4, -0.2) is 37.3 Å². The van der Waals surface area contributed by atoms with Gasteiger partial charge in [-0.25, -0.2) is 9.67 Å². The van der Waals surface area contributed by atoms with Gasteiger partial charge in [-0.05, 0) is 44.0 Å². The van der Waals surface area contributed by atoms with E-state index in [1.54, 1.807) is 4.57 Å². The molecule has 0 N–H and O–H groups in total. The van der Waals surface area contributed by atoms with Crippen LogP contribution in [0.5, 0.6) is 0 Å². The van der Waals surface area contributed by atoms with Crippen LogP contribution in [0, 0.1) is 6.92 Å². The molecule has 3 aromatic rings. The van der Waals surface area contributed by atoms with Gasteiger partial charge in [0, 0.05) is 35.5 Å². The Morgan fingerprint density at radius 2 is 1.87 bits per heavy atom. The highest BCUT2D eigenvalue weighted by Gasteiger charge is 2.47. The van der Waals surface area contributed by atoms with E-state index in [1.165, 1.54) is 21.6 Å². The number of hydrogen-bond acceptors (Lipinski definition) is 6. The van der Waals surface area contributed by atoms with E-state index >= 15 is 0 Å². The van der Waals surface area contributed by atoms with Gasteiger partial charge in [-0.1, -0.05) is 23.7 Å². The Hall–Kier alpha value is -2.29. The lowest BCUT2D eigenvalue weighted by molar-refractivity contribution is 0.298. The molecule has 0 radical (unpaired) electrons. The van der Waals surface area contributed by atoms with Crippen LogP contribution in [0.4, 0.5) is 0 Å². The molecule has 1 fully saturated rings. The van der Waals surface area contributed by atoms with Gasteiger partial charge >= 0.3 is 11.1 Å². The molecule has 30 heavy (non-hydrogen) atoms. The van der Waals surface area contributed by atoms with Crippen LogP contribution in [0.15, 0.2) is 39.2 Å². The first-order valence-corrected chi connectivity index (χ1v) is 11.3. The van der Waals surface area contributed by atoms with Gasteiger partial charge < -0.3 is 0 Å². The fourth-order valence-electron chi connectivity index (χ4n) is 4.64. The van der Waals surface area contributed by atoms with Crippen LogP contribution in [0.3, 0.4) is 0 Å². The Balaban J connectivity index is 1.44. The van der Waals surface area contributed by atoms with Gasteiger partial charge in [0.15, 0.2) is 0 Å². The van der Waals surface area contributed by atoms with Crippen molar-refractivity contribution in [2.75, 3.05) is 13.1 Å². The number of hydrogen-bond donors (Lipinski definition) is 0. The Kier molecular flexibility index (Phi) is 4.88. The number of aryl methyl sites for hydroxylation is 1. The zero-order valence-electron chi connectivity index (χ0n) is 16.7. The minimum atomic E-state index is -0.572. The third-order valence-electron chi connectivity index (χ3n) is 6.15. The normalized spacial score (nSPS) is 20.9. The molecule has 2 aliphatic heterocycles. The average Bonchev–Trinajstić information content (AvgIpc) is 3.42. The van der Waals surface area contributed by atoms with Crippen molar-refractivity contribution in [2.24, 2.45) is 0 Å². The molecule has 0 saturated carbocycles. The number of nitrogens with zero attached hydrogens (tertiary/aromatic N) is 5. The lowest BCUT2D eigenvalue weighted by Crippen LogP contribution is -2.45. The minimum Gasteiger partial charge on any atom is -0.298 e. The summed E-state index contributed by atoms with van der Waals surface area (Å²) in [5.74, 6) is 0.748. The first-order chi connectivity index (χ1) is 14.4. The van der Waals surface area contributed by atoms with Crippen molar-refractivity contribution in [3.63, 3.8) is 0 Å². The van der Waals surface area contributed by atoms with Crippen LogP contribution in [0.25, 0.3) is 0 Å². The van der Waals surface area contributed by atoms with Gasteiger partial charge in [-0.2, -0.15) is 5.10 Å². The molecular weight excluding hydrogens is 422 g/mol. The van der Waals surface area contributed by atoms with E-state index in [0.717, 1.165) is 54.0 Å². The SMILES string of the molecule is Cc1nc(Cn2nc3n(c(=O)c2=O)CC[C@@]32CCN(Cc3ccc(Cl)cc3)C2)cs1. The van der Waals surface area contributed by atoms with Crippen molar-refractivity contribution in [3.8, 4) is 0 Å². The number of thiazole rings is 1. The van der Waals surface area contributed by atoms with Crippen molar-refractivity contribution in [3.05, 3.63) is 77.5 Å². The monoisotopic (exact) mass is 443 g/mol. The summed E-state index contributed by atoms with van der Waals surface area (Å²) in [4.78, 5) is 32.2. The lowest BCUT2D eigenvalue weighted by Gasteiger charge is -2.23. The number of rotatable bonds is 4. The van der Waals surface area contributed by atoms with E-state index in [4.69, 9.17) is 16.7 Å². The van der Waals surface area contributed by atoms with Crippen LogP contribution in [0.1, 0.15) is 34.9 Å². The van der Waals surface area contributed by atoms with E-state index in [9.17, 15) is 9.59 Å². The number of benzene rings is 1. The summed E-state index contributed by atoms with van der Waals surface area (Å²) in [6.07, 6.45) is 1.77. The second-order valence-corrected chi connectivity index (χ2v) is 9.72. The van der Waals surface area contributed by atoms with Crippen LogP contribution < -0.4 is 11.1 Å². The molecule has 0 unspecified atom stereocenters. The third kappa shape index (κ3) is 3.42. The van der Waals surface area contributed by atoms with Crippen molar-refractivity contribution in [2.45, 2.75) is 44.8 Å². The van der Waals surface area contributed by atoms with Crippen molar-refractivity contribution < 1.29 is 0 Å². The highest BCUT2D eigenvalue weighted by Crippen LogP contribution is 2.40. The molecule has 1 aromatic carbocycles. The summed E-state index contributed by atoms with van der Waals surface area (Å²) < 4.78 is 2.90. The molecule has 2 aliphatic rings. The Morgan fingerprint density at radius 3 is 2.60 bits per heavy atom. The van der Waals surface area contributed by atoms with Gasteiger partial charge in [-0.15, -0.1) is 11.3 Å². The highest BCUT2D eigenvalue weighted by molar-refractivity contribution is 7.09. The molecule has 4 heterocycles. The summed E-state index contributed by atoms with van der Waals surface area (Å²) in [5.41, 5.74) is 0.749. The van der Waals surface area contributed by atoms with Crippen molar-refractivity contribution in [1.29, 1.82) is 0 Å². The van der Waals surface area contributed by atoms with Gasteiger partial charge in [0.05, 0.1) is 17.2 Å². The third-order valence-corrected chi connectivity index (χ3v) is 7.23. The molecule has 5 rings (SSSR count). The van der Waals surface area contributed by atoms with E-state index in [-0.39, 0.29) is 12.0 Å². The van der Waals surface area contributed by atoms with Crippen molar-refractivity contribution in [1.82, 2.24) is 24.2 Å². The smallest absolute Gasteiger partial charge is 0.298 e. The quantitative estimate of drug-likeness (QED) is 0.579. The molecule has 156 valence electrons. The van der Waals surface area contributed by atoms with Gasteiger partial charge in [0.2, 0.25) is 0 Å². The molecule has 1 atom stereocenters. The highest BCUT2D eigenvalue weighted by atomic mass is 35.5. The van der Waals surface area contributed by atoms with Crippen LogP contribution in [0.2, 0.25) is 5.02 Å². The summed E-state index contributed by atoms with van der Waals surface area (Å²) in [6, 6.07) is 7.92. The number of halogens is 1. The standard InChI is InChI=1S/C21H22ClN5O2S/c1-14-23-17(12-30-14)11-27-19(29)18(28)26-9-7-21(20(26)24-27)6-8-25(13-21)10-15-2-4-16(22)5-3-15/h2-5,12H,6-11,13H2,1H3/t21-/m1/s1. The maximum atomic E-state index is 12.8. The zero-order chi connectivity index (χ0) is 20.9. The largest absolute Gasteiger partial charge is 0.332 e. The summed E-state index contributed by atoms with van der Waals surface area (Å²) >= 11 is 7.53.